The van der Waals surface area contributed by atoms with E-state index in [0.29, 0.717) is 18.0 Å². The zero-order valence-corrected chi connectivity index (χ0v) is 14.7. The third-order valence-electron chi connectivity index (χ3n) is 4.14. The van der Waals surface area contributed by atoms with E-state index in [-0.39, 0.29) is 18.2 Å². The topological polar surface area (TPSA) is 58.6 Å². The second-order valence-corrected chi connectivity index (χ2v) is 6.39. The van der Waals surface area contributed by atoms with Crippen LogP contribution < -0.4 is 15.0 Å². The molecule has 0 aromatic heterocycles. The maximum absolute atomic E-state index is 12.4. The van der Waals surface area contributed by atoms with Crippen molar-refractivity contribution >= 4 is 23.2 Å². The molecule has 0 aliphatic carbocycles. The number of carbonyl (C=O) groups is 2. The fourth-order valence-electron chi connectivity index (χ4n) is 3.07. The maximum Gasteiger partial charge on any atom is 0.267 e. The van der Waals surface area contributed by atoms with Gasteiger partial charge in [0.2, 0.25) is 5.91 Å². The molecule has 0 fully saturated rings. The fourth-order valence-corrected chi connectivity index (χ4v) is 3.07. The second-order valence-electron chi connectivity index (χ2n) is 6.39. The van der Waals surface area contributed by atoms with Crippen molar-refractivity contribution in [2.45, 2.75) is 33.3 Å². The SMILES string of the molecule is Cc1cc(C)cc(NC(=O)CCN2C(=O)[C@H](C)Oc3ccccc32)c1. The first-order chi connectivity index (χ1) is 11.9. The summed E-state index contributed by atoms with van der Waals surface area (Å²) in [4.78, 5) is 26.3. The highest BCUT2D eigenvalue weighted by Gasteiger charge is 2.31. The Balaban J connectivity index is 1.68. The lowest BCUT2D eigenvalue weighted by atomic mass is 10.1. The Kier molecular flexibility index (Phi) is 4.74. The summed E-state index contributed by atoms with van der Waals surface area (Å²) < 4.78 is 5.61. The van der Waals surface area contributed by atoms with Crippen LogP contribution in [0.3, 0.4) is 0 Å². The zero-order chi connectivity index (χ0) is 18.0. The Morgan fingerprint density at radius 3 is 2.56 bits per heavy atom. The number of nitrogens with zero attached hydrogens (tertiary/aromatic N) is 1. The van der Waals surface area contributed by atoms with Gasteiger partial charge < -0.3 is 15.0 Å². The van der Waals surface area contributed by atoms with Gasteiger partial charge in [-0.3, -0.25) is 9.59 Å². The van der Waals surface area contributed by atoms with Crippen LogP contribution in [0.15, 0.2) is 42.5 Å². The zero-order valence-electron chi connectivity index (χ0n) is 14.7. The smallest absolute Gasteiger partial charge is 0.267 e. The van der Waals surface area contributed by atoms with Gasteiger partial charge in [0.05, 0.1) is 5.69 Å². The van der Waals surface area contributed by atoms with E-state index in [1.807, 2.05) is 50.2 Å². The van der Waals surface area contributed by atoms with Crippen molar-refractivity contribution in [1.29, 1.82) is 0 Å². The molecule has 1 N–H and O–H groups in total. The molecule has 130 valence electrons. The van der Waals surface area contributed by atoms with Crippen LogP contribution in [-0.2, 0) is 9.59 Å². The standard InChI is InChI=1S/C20H22N2O3/c1-13-10-14(2)12-16(11-13)21-19(23)8-9-22-17-6-4-5-7-18(17)25-15(3)20(22)24/h4-7,10-12,15H,8-9H2,1-3H3,(H,21,23)/t15-/m0/s1. The van der Waals surface area contributed by atoms with Crippen molar-refractivity contribution in [3.8, 4) is 5.75 Å². The lowest BCUT2D eigenvalue weighted by Crippen LogP contribution is -2.45. The van der Waals surface area contributed by atoms with E-state index in [4.69, 9.17) is 4.74 Å². The van der Waals surface area contributed by atoms with E-state index in [1.54, 1.807) is 11.8 Å². The maximum atomic E-state index is 12.4. The van der Waals surface area contributed by atoms with Crippen LogP contribution >= 0.6 is 0 Å². The van der Waals surface area contributed by atoms with Gasteiger partial charge in [-0.25, -0.2) is 0 Å². The predicted molar refractivity (Wildman–Crippen MR) is 98.0 cm³/mol. The second kappa shape index (κ2) is 6.97. The Morgan fingerprint density at radius 2 is 1.84 bits per heavy atom. The van der Waals surface area contributed by atoms with E-state index < -0.39 is 6.10 Å². The molecule has 2 aromatic rings. The molecule has 0 bridgehead atoms. The summed E-state index contributed by atoms with van der Waals surface area (Å²) in [6.45, 7) is 6.03. The van der Waals surface area contributed by atoms with E-state index >= 15 is 0 Å². The molecule has 1 heterocycles. The minimum atomic E-state index is -0.544. The van der Waals surface area contributed by atoms with E-state index in [9.17, 15) is 9.59 Å². The van der Waals surface area contributed by atoms with Crippen molar-refractivity contribution in [2.75, 3.05) is 16.8 Å². The lowest BCUT2D eigenvalue weighted by Gasteiger charge is -2.32. The molecule has 0 unspecified atom stereocenters. The molecule has 0 radical (unpaired) electrons. The minimum absolute atomic E-state index is 0.116. The van der Waals surface area contributed by atoms with Gasteiger partial charge in [-0.05, 0) is 56.2 Å². The van der Waals surface area contributed by atoms with Gasteiger partial charge in [-0.1, -0.05) is 18.2 Å². The molecule has 1 aliphatic rings. The first-order valence-corrected chi connectivity index (χ1v) is 8.39. The van der Waals surface area contributed by atoms with Gasteiger partial charge in [0, 0.05) is 18.7 Å². The molecule has 5 nitrogen and oxygen atoms in total. The number of amides is 2. The Labute approximate surface area is 147 Å². The van der Waals surface area contributed by atoms with Gasteiger partial charge in [-0.15, -0.1) is 0 Å². The minimum Gasteiger partial charge on any atom is -0.479 e. The summed E-state index contributed by atoms with van der Waals surface area (Å²) in [5.41, 5.74) is 3.69. The number of hydrogen-bond acceptors (Lipinski definition) is 3. The van der Waals surface area contributed by atoms with Gasteiger partial charge >= 0.3 is 0 Å². The summed E-state index contributed by atoms with van der Waals surface area (Å²) in [6, 6.07) is 13.3. The van der Waals surface area contributed by atoms with Crippen molar-refractivity contribution < 1.29 is 14.3 Å². The van der Waals surface area contributed by atoms with Crippen LogP contribution in [0, 0.1) is 13.8 Å². The van der Waals surface area contributed by atoms with Crippen molar-refractivity contribution in [1.82, 2.24) is 0 Å². The summed E-state index contributed by atoms with van der Waals surface area (Å²) in [7, 11) is 0. The van der Waals surface area contributed by atoms with Crippen molar-refractivity contribution in [3.63, 3.8) is 0 Å². The van der Waals surface area contributed by atoms with Crippen LogP contribution in [0.5, 0.6) is 5.75 Å². The number of para-hydroxylation sites is 2. The highest BCUT2D eigenvalue weighted by atomic mass is 16.5. The Morgan fingerprint density at radius 1 is 1.16 bits per heavy atom. The summed E-state index contributed by atoms with van der Waals surface area (Å²) in [5.74, 6) is 0.427. The van der Waals surface area contributed by atoms with E-state index in [2.05, 4.69) is 11.4 Å². The molecular formula is C20H22N2O3. The Hall–Kier alpha value is -2.82. The molecule has 0 saturated heterocycles. The van der Waals surface area contributed by atoms with Crippen LogP contribution in [0.4, 0.5) is 11.4 Å². The largest absolute Gasteiger partial charge is 0.479 e. The molecule has 25 heavy (non-hydrogen) atoms. The number of hydrogen-bond donors (Lipinski definition) is 1. The van der Waals surface area contributed by atoms with Gasteiger partial charge in [0.1, 0.15) is 5.75 Å². The van der Waals surface area contributed by atoms with Crippen LogP contribution in [0.25, 0.3) is 0 Å². The quantitative estimate of drug-likeness (QED) is 0.929. The Bertz CT molecular complexity index is 796. The first kappa shape index (κ1) is 17.0. The number of carbonyl (C=O) groups excluding carboxylic acids is 2. The van der Waals surface area contributed by atoms with Gasteiger partial charge in [0.25, 0.3) is 5.91 Å². The van der Waals surface area contributed by atoms with E-state index in [0.717, 1.165) is 16.8 Å². The molecule has 0 saturated carbocycles. The van der Waals surface area contributed by atoms with Crippen molar-refractivity contribution in [2.24, 2.45) is 0 Å². The van der Waals surface area contributed by atoms with Crippen LogP contribution in [0.1, 0.15) is 24.5 Å². The number of rotatable bonds is 4. The molecule has 5 heteroatoms. The summed E-state index contributed by atoms with van der Waals surface area (Å²) >= 11 is 0. The number of nitrogens with one attached hydrogen (secondary N) is 1. The third-order valence-corrected chi connectivity index (χ3v) is 4.14. The predicted octanol–water partition coefficient (Wildman–Crippen LogP) is 3.45. The number of fused-ring (bicyclic) bond motifs is 1. The normalized spacial score (nSPS) is 16.2. The first-order valence-electron chi connectivity index (χ1n) is 8.39. The summed E-state index contributed by atoms with van der Waals surface area (Å²) in [5, 5.41) is 2.91. The summed E-state index contributed by atoms with van der Waals surface area (Å²) in [6.07, 6.45) is -0.322. The monoisotopic (exact) mass is 338 g/mol. The highest BCUT2D eigenvalue weighted by Crippen LogP contribution is 2.33. The average Bonchev–Trinajstić information content (AvgIpc) is 2.54. The number of aryl methyl sites for hydroxylation is 2. The molecule has 1 aliphatic heterocycles. The average molecular weight is 338 g/mol. The number of benzene rings is 2. The molecule has 3 rings (SSSR count). The third kappa shape index (κ3) is 3.82. The molecule has 1 atom stereocenters. The lowest BCUT2D eigenvalue weighted by molar-refractivity contribution is -0.125. The number of ether oxygens (including phenoxy) is 1. The molecular weight excluding hydrogens is 316 g/mol. The molecule has 2 aromatic carbocycles. The van der Waals surface area contributed by atoms with Gasteiger partial charge in [-0.2, -0.15) is 0 Å². The highest BCUT2D eigenvalue weighted by molar-refractivity contribution is 6.00. The molecule has 0 spiro atoms. The van der Waals surface area contributed by atoms with Gasteiger partial charge in [0.15, 0.2) is 6.10 Å². The van der Waals surface area contributed by atoms with Crippen LogP contribution in [0.2, 0.25) is 0 Å². The molecule has 2 amide bonds. The fraction of sp³-hybridized carbons (Fsp3) is 0.300. The van der Waals surface area contributed by atoms with Crippen LogP contribution in [-0.4, -0.2) is 24.5 Å². The van der Waals surface area contributed by atoms with E-state index in [1.165, 1.54) is 0 Å². The number of anilines is 2. The van der Waals surface area contributed by atoms with Crippen molar-refractivity contribution in [3.05, 3.63) is 53.6 Å².